The molecule has 1 aromatic carbocycles. The number of nitrogens with one attached hydrogen (secondary N) is 3. The number of urea groups is 3. The van der Waals surface area contributed by atoms with Gasteiger partial charge in [0.1, 0.15) is 6.17 Å². The van der Waals surface area contributed by atoms with E-state index in [1.165, 1.54) is 23.9 Å². The molecule has 1 fully saturated rings. The minimum absolute atomic E-state index is 0.369. The summed E-state index contributed by atoms with van der Waals surface area (Å²) in [7, 11) is 2.98. The van der Waals surface area contributed by atoms with Gasteiger partial charge in [-0.25, -0.2) is 14.4 Å². The molecule has 0 spiro atoms. The van der Waals surface area contributed by atoms with Crippen LogP contribution >= 0.6 is 0 Å². The Morgan fingerprint density at radius 3 is 2.32 bits per heavy atom. The third-order valence-corrected chi connectivity index (χ3v) is 3.33. The number of hydrogen-bond donors (Lipinski definition) is 4. The lowest BCUT2D eigenvalue weighted by Crippen LogP contribution is -2.59. The number of carbonyl (C=O) groups excluding carboxylic acids is 3. The Morgan fingerprint density at radius 1 is 1.14 bits per heavy atom. The first kappa shape index (κ1) is 15.4. The first-order valence-electron chi connectivity index (χ1n) is 6.61. The van der Waals surface area contributed by atoms with Gasteiger partial charge >= 0.3 is 18.1 Å². The molecule has 1 aliphatic heterocycles. The van der Waals surface area contributed by atoms with Crippen molar-refractivity contribution < 1.29 is 14.4 Å². The van der Waals surface area contributed by atoms with E-state index in [4.69, 9.17) is 5.73 Å². The van der Waals surface area contributed by atoms with E-state index in [2.05, 4.69) is 16.0 Å². The molecule has 6 amide bonds. The van der Waals surface area contributed by atoms with Crippen molar-refractivity contribution in [2.45, 2.75) is 12.3 Å². The van der Waals surface area contributed by atoms with Crippen molar-refractivity contribution in [3.05, 3.63) is 30.3 Å². The standard InChI is InChI=1S/C13H18N6O3/c1-15-12(21)17-10-9(16-11(14)20)18(2)13(22)19(10)8-6-4-3-5-7-8/h3-7,9-10H,1-2H3,(H3,14,16,20)(H2,15,17,21)/t9-,10-/m0/s1. The number of rotatable bonds is 3. The van der Waals surface area contributed by atoms with Gasteiger partial charge in [0, 0.05) is 19.8 Å². The average Bonchev–Trinajstić information content (AvgIpc) is 2.72. The van der Waals surface area contributed by atoms with Gasteiger partial charge in [-0.3, -0.25) is 4.90 Å². The van der Waals surface area contributed by atoms with Gasteiger partial charge in [-0.2, -0.15) is 0 Å². The molecule has 5 N–H and O–H groups in total. The number of benzene rings is 1. The molecule has 1 aromatic rings. The SMILES string of the molecule is CNC(=O)N[C@@H]1[C@@H](NC(N)=O)N(C)C(=O)N1c1ccccc1. The third kappa shape index (κ3) is 2.87. The zero-order chi connectivity index (χ0) is 16.3. The van der Waals surface area contributed by atoms with Gasteiger partial charge in [0.2, 0.25) is 0 Å². The zero-order valence-electron chi connectivity index (χ0n) is 12.2. The maximum Gasteiger partial charge on any atom is 0.327 e. The second kappa shape index (κ2) is 6.20. The van der Waals surface area contributed by atoms with Crippen LogP contribution in [0.15, 0.2) is 30.3 Å². The molecule has 0 saturated carbocycles. The second-order valence-electron chi connectivity index (χ2n) is 4.72. The van der Waals surface area contributed by atoms with Gasteiger partial charge in [-0.1, -0.05) is 18.2 Å². The van der Waals surface area contributed by atoms with Crippen molar-refractivity contribution in [1.29, 1.82) is 0 Å². The smallest absolute Gasteiger partial charge is 0.327 e. The van der Waals surface area contributed by atoms with Crippen LogP contribution in [0, 0.1) is 0 Å². The lowest BCUT2D eigenvalue weighted by Gasteiger charge is -2.27. The lowest BCUT2D eigenvalue weighted by atomic mass is 10.2. The maximum absolute atomic E-state index is 12.5. The van der Waals surface area contributed by atoms with Crippen molar-refractivity contribution in [1.82, 2.24) is 20.9 Å². The molecule has 1 heterocycles. The van der Waals surface area contributed by atoms with Crippen molar-refractivity contribution in [2.75, 3.05) is 19.0 Å². The number of anilines is 1. The maximum atomic E-state index is 12.5. The topological polar surface area (TPSA) is 120 Å². The Balaban J connectivity index is 2.38. The van der Waals surface area contributed by atoms with E-state index in [-0.39, 0.29) is 6.03 Å². The minimum atomic E-state index is -0.799. The highest BCUT2D eigenvalue weighted by Gasteiger charge is 2.46. The van der Waals surface area contributed by atoms with Crippen molar-refractivity contribution in [3.8, 4) is 0 Å². The van der Waals surface area contributed by atoms with Crippen molar-refractivity contribution in [2.24, 2.45) is 5.73 Å². The van der Waals surface area contributed by atoms with Crippen LogP contribution < -0.4 is 26.6 Å². The fourth-order valence-corrected chi connectivity index (χ4v) is 2.29. The number of para-hydroxylation sites is 1. The van der Waals surface area contributed by atoms with Crippen molar-refractivity contribution in [3.63, 3.8) is 0 Å². The van der Waals surface area contributed by atoms with Gasteiger partial charge in [-0.15, -0.1) is 0 Å². The number of primary amides is 1. The summed E-state index contributed by atoms with van der Waals surface area (Å²) in [6.45, 7) is 0. The van der Waals surface area contributed by atoms with Crippen LogP contribution in [-0.4, -0.2) is 49.4 Å². The summed E-state index contributed by atoms with van der Waals surface area (Å²) in [5.74, 6) is 0. The summed E-state index contributed by atoms with van der Waals surface area (Å²) >= 11 is 0. The molecule has 0 unspecified atom stereocenters. The monoisotopic (exact) mass is 306 g/mol. The Bertz CT molecular complexity index is 578. The molecular weight excluding hydrogens is 288 g/mol. The number of amides is 6. The number of nitrogens with two attached hydrogens (primary N) is 1. The highest BCUT2D eigenvalue weighted by atomic mass is 16.2. The predicted octanol–water partition coefficient (Wildman–Crippen LogP) is -0.192. The van der Waals surface area contributed by atoms with E-state index in [1.54, 1.807) is 24.3 Å². The Labute approximate surface area is 127 Å². The lowest BCUT2D eigenvalue weighted by molar-refractivity contribution is 0.198. The summed E-state index contributed by atoms with van der Waals surface area (Å²) in [6.07, 6.45) is -1.59. The predicted molar refractivity (Wildman–Crippen MR) is 80.0 cm³/mol. The van der Waals surface area contributed by atoms with Gasteiger partial charge in [0.05, 0.1) is 0 Å². The number of hydrogen-bond acceptors (Lipinski definition) is 3. The highest BCUT2D eigenvalue weighted by Crippen LogP contribution is 2.25. The molecule has 1 saturated heterocycles. The van der Waals surface area contributed by atoms with Crippen LogP contribution in [0.2, 0.25) is 0 Å². The van der Waals surface area contributed by atoms with Crippen LogP contribution in [0.4, 0.5) is 20.1 Å². The van der Waals surface area contributed by atoms with Gasteiger partial charge in [0.25, 0.3) is 0 Å². The van der Waals surface area contributed by atoms with Gasteiger partial charge in [-0.05, 0) is 12.1 Å². The molecule has 22 heavy (non-hydrogen) atoms. The zero-order valence-corrected chi connectivity index (χ0v) is 12.2. The van der Waals surface area contributed by atoms with Gasteiger partial charge < -0.3 is 26.6 Å². The number of nitrogens with zero attached hydrogens (tertiary/aromatic N) is 2. The van der Waals surface area contributed by atoms with Crippen LogP contribution in [0.1, 0.15) is 0 Å². The van der Waals surface area contributed by atoms with E-state index in [0.29, 0.717) is 5.69 Å². The van der Waals surface area contributed by atoms with Crippen LogP contribution in [0.5, 0.6) is 0 Å². The summed E-state index contributed by atoms with van der Waals surface area (Å²) in [4.78, 5) is 38.0. The molecule has 2 rings (SSSR count). The van der Waals surface area contributed by atoms with E-state index in [1.807, 2.05) is 6.07 Å². The Kier molecular flexibility index (Phi) is 4.35. The molecule has 0 radical (unpaired) electrons. The molecule has 9 nitrogen and oxygen atoms in total. The first-order valence-corrected chi connectivity index (χ1v) is 6.61. The molecule has 0 aliphatic carbocycles. The summed E-state index contributed by atoms with van der Waals surface area (Å²) in [5, 5.41) is 7.51. The Hall–Kier alpha value is -2.97. The summed E-state index contributed by atoms with van der Waals surface area (Å²) < 4.78 is 0. The largest absolute Gasteiger partial charge is 0.352 e. The fourth-order valence-electron chi connectivity index (χ4n) is 2.29. The highest BCUT2D eigenvalue weighted by molar-refractivity contribution is 5.96. The summed E-state index contributed by atoms with van der Waals surface area (Å²) in [5.41, 5.74) is 5.75. The van der Waals surface area contributed by atoms with E-state index >= 15 is 0 Å². The normalized spacial score (nSPS) is 20.7. The van der Waals surface area contributed by atoms with Crippen LogP contribution in [0.25, 0.3) is 0 Å². The van der Waals surface area contributed by atoms with E-state index in [0.717, 1.165) is 0 Å². The van der Waals surface area contributed by atoms with E-state index < -0.39 is 24.4 Å². The molecule has 0 aromatic heterocycles. The number of likely N-dealkylation sites (N-methyl/N-ethyl adjacent to an activating group) is 1. The molecular formula is C13H18N6O3. The Morgan fingerprint density at radius 2 is 1.77 bits per heavy atom. The third-order valence-electron chi connectivity index (χ3n) is 3.33. The van der Waals surface area contributed by atoms with Gasteiger partial charge in [0.15, 0.2) is 6.17 Å². The molecule has 0 bridgehead atoms. The number of carbonyl (C=O) groups is 3. The van der Waals surface area contributed by atoms with Crippen LogP contribution in [-0.2, 0) is 0 Å². The fraction of sp³-hybridized carbons (Fsp3) is 0.308. The van der Waals surface area contributed by atoms with Crippen molar-refractivity contribution >= 4 is 23.8 Å². The molecule has 2 atom stereocenters. The molecule has 9 heteroatoms. The summed E-state index contributed by atoms with van der Waals surface area (Å²) in [6, 6.07) is 7.19. The minimum Gasteiger partial charge on any atom is -0.352 e. The second-order valence-corrected chi connectivity index (χ2v) is 4.72. The van der Waals surface area contributed by atoms with E-state index in [9.17, 15) is 14.4 Å². The molecule has 118 valence electrons. The average molecular weight is 306 g/mol. The quantitative estimate of drug-likeness (QED) is 0.619. The van der Waals surface area contributed by atoms with Crippen LogP contribution in [0.3, 0.4) is 0 Å². The molecule has 1 aliphatic rings. The first-order chi connectivity index (χ1) is 10.5.